The third-order valence-electron chi connectivity index (χ3n) is 4.42. The summed E-state index contributed by atoms with van der Waals surface area (Å²) in [7, 11) is 1.60. The van der Waals surface area contributed by atoms with Crippen LogP contribution >= 0.6 is 11.6 Å². The number of nitrogens with one attached hydrogen (secondary N) is 2. The van der Waals surface area contributed by atoms with Crippen molar-refractivity contribution in [1.82, 2.24) is 20.1 Å². The Morgan fingerprint density at radius 3 is 2.83 bits per heavy atom. The van der Waals surface area contributed by atoms with Crippen LogP contribution in [0.25, 0.3) is 11.1 Å². The molecule has 0 fully saturated rings. The van der Waals surface area contributed by atoms with Crippen molar-refractivity contribution in [2.75, 3.05) is 13.2 Å². The number of carbonyl (C=O) groups is 1. The summed E-state index contributed by atoms with van der Waals surface area (Å²) in [5.41, 5.74) is 2.41. The average molecular weight is 417 g/mol. The van der Waals surface area contributed by atoms with Crippen molar-refractivity contribution in [3.63, 3.8) is 0 Å². The molecular weight excluding hydrogens is 396 g/mol. The van der Waals surface area contributed by atoms with Crippen LogP contribution < -0.4 is 15.7 Å². The van der Waals surface area contributed by atoms with Crippen LogP contribution in [0.4, 0.5) is 0 Å². The molecule has 0 saturated carbocycles. The van der Waals surface area contributed by atoms with E-state index in [9.17, 15) is 9.59 Å². The number of benzene rings is 2. The fourth-order valence-corrected chi connectivity index (χ4v) is 2.91. The van der Waals surface area contributed by atoms with Gasteiger partial charge in [0.05, 0.1) is 6.61 Å². The summed E-state index contributed by atoms with van der Waals surface area (Å²) in [4.78, 5) is 23.8. The van der Waals surface area contributed by atoms with Crippen LogP contribution in [0.15, 0.2) is 41.2 Å². The number of hydrogen-bond acceptors (Lipinski definition) is 5. The fraction of sp³-hybridized carbons (Fsp3) is 0.250. The Labute approximate surface area is 172 Å². The highest BCUT2D eigenvalue weighted by Gasteiger charge is 2.14. The highest BCUT2D eigenvalue weighted by atomic mass is 35.5. The molecule has 0 aliphatic heterocycles. The number of halogens is 1. The molecule has 1 heterocycles. The molecule has 2 aromatic carbocycles. The largest absolute Gasteiger partial charge is 0.485 e. The Bertz CT molecular complexity index is 1090. The molecule has 0 bridgehead atoms. The van der Waals surface area contributed by atoms with E-state index in [4.69, 9.17) is 21.4 Å². The normalized spacial score (nSPS) is 10.8. The molecule has 9 heteroatoms. The van der Waals surface area contributed by atoms with Gasteiger partial charge in [-0.05, 0) is 42.3 Å². The predicted octanol–water partition coefficient (Wildman–Crippen LogP) is 2.04. The van der Waals surface area contributed by atoms with Gasteiger partial charge in [-0.15, -0.1) is 0 Å². The summed E-state index contributed by atoms with van der Waals surface area (Å²) >= 11 is 6.33. The molecule has 0 radical (unpaired) electrons. The van der Waals surface area contributed by atoms with E-state index in [-0.39, 0.29) is 31.4 Å². The monoisotopic (exact) mass is 416 g/mol. The number of ether oxygens (including phenoxy) is 1. The summed E-state index contributed by atoms with van der Waals surface area (Å²) in [6.45, 7) is 1.99. The summed E-state index contributed by atoms with van der Waals surface area (Å²) in [6.07, 6.45) is 0. The van der Waals surface area contributed by atoms with Gasteiger partial charge in [0.2, 0.25) is 0 Å². The minimum absolute atomic E-state index is 0.0833. The molecule has 0 aliphatic carbocycles. The van der Waals surface area contributed by atoms with Crippen molar-refractivity contribution in [2.24, 2.45) is 7.05 Å². The van der Waals surface area contributed by atoms with Crippen LogP contribution in [-0.2, 0) is 13.7 Å². The van der Waals surface area contributed by atoms with E-state index in [0.717, 1.165) is 11.1 Å². The van der Waals surface area contributed by atoms with Crippen molar-refractivity contribution in [1.29, 1.82) is 0 Å². The number of H-pyrrole nitrogens is 1. The number of aryl methyl sites for hydroxylation is 1. The zero-order valence-electron chi connectivity index (χ0n) is 16.0. The number of hydrogen-bond donors (Lipinski definition) is 3. The lowest BCUT2D eigenvalue weighted by Gasteiger charge is -2.14. The molecule has 0 atom stereocenters. The van der Waals surface area contributed by atoms with Crippen LogP contribution in [0.1, 0.15) is 21.7 Å². The molecule has 1 aromatic heterocycles. The van der Waals surface area contributed by atoms with Crippen molar-refractivity contribution in [2.45, 2.75) is 13.5 Å². The SMILES string of the molecule is Cc1cc(OCc2n[nH]c(=O)n2C)c(-c2cccc(C(=O)NCCO)c2)cc1Cl. The first kappa shape index (κ1) is 20.6. The average Bonchev–Trinajstić information content (AvgIpc) is 3.04. The summed E-state index contributed by atoms with van der Waals surface area (Å²) in [5, 5.41) is 18.4. The molecular formula is C20H21ClN4O4. The van der Waals surface area contributed by atoms with Crippen molar-refractivity contribution >= 4 is 17.5 Å². The summed E-state index contributed by atoms with van der Waals surface area (Å²) < 4.78 is 7.31. The van der Waals surface area contributed by atoms with Gasteiger partial charge in [-0.2, -0.15) is 5.10 Å². The van der Waals surface area contributed by atoms with Gasteiger partial charge < -0.3 is 15.2 Å². The number of aromatic amines is 1. The van der Waals surface area contributed by atoms with E-state index < -0.39 is 0 Å². The highest BCUT2D eigenvalue weighted by Crippen LogP contribution is 2.35. The Kier molecular flexibility index (Phi) is 6.36. The lowest BCUT2D eigenvalue weighted by molar-refractivity contribution is 0.0945. The molecule has 8 nitrogen and oxygen atoms in total. The van der Waals surface area contributed by atoms with E-state index in [1.807, 2.05) is 13.0 Å². The molecule has 3 rings (SSSR count). The summed E-state index contributed by atoms with van der Waals surface area (Å²) in [5.74, 6) is 0.717. The van der Waals surface area contributed by atoms with Gasteiger partial charge in [0.1, 0.15) is 12.4 Å². The Morgan fingerprint density at radius 2 is 2.14 bits per heavy atom. The van der Waals surface area contributed by atoms with Crippen molar-refractivity contribution in [3.05, 3.63) is 68.9 Å². The van der Waals surface area contributed by atoms with Gasteiger partial charge >= 0.3 is 5.69 Å². The highest BCUT2D eigenvalue weighted by molar-refractivity contribution is 6.31. The number of aromatic nitrogens is 3. The van der Waals surface area contributed by atoms with Gasteiger partial charge in [-0.25, -0.2) is 9.89 Å². The minimum Gasteiger partial charge on any atom is -0.485 e. The van der Waals surface area contributed by atoms with E-state index in [2.05, 4.69) is 15.5 Å². The Hall–Kier alpha value is -3.10. The minimum atomic E-state index is -0.322. The Morgan fingerprint density at radius 1 is 1.34 bits per heavy atom. The molecule has 0 spiro atoms. The van der Waals surface area contributed by atoms with Crippen LogP contribution in [0.5, 0.6) is 5.75 Å². The Balaban J connectivity index is 1.94. The molecule has 3 N–H and O–H groups in total. The zero-order valence-corrected chi connectivity index (χ0v) is 16.8. The zero-order chi connectivity index (χ0) is 21.0. The van der Waals surface area contributed by atoms with Gasteiger partial charge in [0, 0.05) is 29.7 Å². The van der Waals surface area contributed by atoms with Crippen LogP contribution in [0, 0.1) is 6.92 Å². The third-order valence-corrected chi connectivity index (χ3v) is 4.83. The second-order valence-corrected chi connectivity index (χ2v) is 6.86. The van der Waals surface area contributed by atoms with E-state index in [0.29, 0.717) is 27.7 Å². The first-order chi connectivity index (χ1) is 13.9. The number of aliphatic hydroxyl groups is 1. The number of carbonyl (C=O) groups excluding carboxylic acids is 1. The van der Waals surface area contributed by atoms with Crippen molar-refractivity contribution < 1.29 is 14.6 Å². The number of rotatable bonds is 7. The van der Waals surface area contributed by atoms with Gasteiger partial charge in [-0.1, -0.05) is 23.7 Å². The second-order valence-electron chi connectivity index (χ2n) is 6.45. The standard InChI is InChI=1S/C20H21ClN4O4/c1-12-8-17(29-11-18-23-24-20(28)25(18)2)15(10-16(12)21)13-4-3-5-14(9-13)19(27)22-6-7-26/h3-5,8-10,26H,6-7,11H2,1-2H3,(H,22,27)(H,24,28). The lowest BCUT2D eigenvalue weighted by atomic mass is 10.0. The topological polar surface area (TPSA) is 109 Å². The molecule has 0 aliphatic rings. The van der Waals surface area contributed by atoms with Crippen LogP contribution in [0.2, 0.25) is 5.02 Å². The fourth-order valence-electron chi connectivity index (χ4n) is 2.75. The smallest absolute Gasteiger partial charge is 0.343 e. The first-order valence-electron chi connectivity index (χ1n) is 8.93. The van der Waals surface area contributed by atoms with E-state index >= 15 is 0 Å². The number of nitrogens with zero attached hydrogens (tertiary/aromatic N) is 2. The van der Waals surface area contributed by atoms with E-state index in [1.165, 1.54) is 4.57 Å². The first-order valence-corrected chi connectivity index (χ1v) is 9.31. The second kappa shape index (κ2) is 8.93. The van der Waals surface area contributed by atoms with E-state index in [1.54, 1.807) is 37.4 Å². The van der Waals surface area contributed by atoms with Gasteiger partial charge in [-0.3, -0.25) is 9.36 Å². The predicted molar refractivity (Wildman–Crippen MR) is 109 cm³/mol. The van der Waals surface area contributed by atoms with Crippen molar-refractivity contribution in [3.8, 4) is 16.9 Å². The quantitative estimate of drug-likeness (QED) is 0.546. The maximum absolute atomic E-state index is 12.2. The number of amides is 1. The molecule has 152 valence electrons. The van der Waals surface area contributed by atoms with Crippen LogP contribution in [-0.4, -0.2) is 38.9 Å². The molecule has 0 saturated heterocycles. The third kappa shape index (κ3) is 4.67. The van der Waals surface area contributed by atoms with Gasteiger partial charge in [0.15, 0.2) is 5.82 Å². The lowest BCUT2D eigenvalue weighted by Crippen LogP contribution is -2.26. The summed E-state index contributed by atoms with van der Waals surface area (Å²) in [6, 6.07) is 10.6. The maximum atomic E-state index is 12.2. The van der Waals surface area contributed by atoms with Gasteiger partial charge in [0.25, 0.3) is 5.91 Å². The molecule has 29 heavy (non-hydrogen) atoms. The molecule has 1 amide bonds. The molecule has 3 aromatic rings. The maximum Gasteiger partial charge on any atom is 0.343 e. The van der Waals surface area contributed by atoms with Crippen LogP contribution in [0.3, 0.4) is 0 Å². The number of aliphatic hydroxyl groups excluding tert-OH is 1. The molecule has 0 unspecified atom stereocenters.